The lowest BCUT2D eigenvalue weighted by atomic mass is 10.3. The van der Waals surface area contributed by atoms with Gasteiger partial charge in [0.15, 0.2) is 0 Å². The monoisotopic (exact) mass is 252 g/mol. The summed E-state index contributed by atoms with van der Waals surface area (Å²) >= 11 is 0. The maximum atomic E-state index is 11.4. The van der Waals surface area contributed by atoms with Gasteiger partial charge in [-0.2, -0.15) is 0 Å². The number of anilines is 1. The van der Waals surface area contributed by atoms with Gasteiger partial charge in [-0.3, -0.25) is 4.79 Å². The fourth-order valence-electron chi connectivity index (χ4n) is 1.29. The van der Waals surface area contributed by atoms with Gasteiger partial charge in [0.2, 0.25) is 0 Å². The molecule has 0 saturated carbocycles. The van der Waals surface area contributed by atoms with Crippen molar-refractivity contribution in [2.24, 2.45) is 0 Å². The van der Waals surface area contributed by atoms with E-state index >= 15 is 0 Å². The van der Waals surface area contributed by atoms with Crippen molar-refractivity contribution in [3.63, 3.8) is 0 Å². The average Bonchev–Trinajstić information content (AvgIpc) is 2.35. The van der Waals surface area contributed by atoms with Crippen molar-refractivity contribution in [1.29, 1.82) is 0 Å². The molecule has 0 atom stereocenters. The summed E-state index contributed by atoms with van der Waals surface area (Å²) in [6.07, 6.45) is 0.453. The molecular formula is C12H16N2O4. The van der Waals surface area contributed by atoms with Gasteiger partial charge in [-0.15, -0.1) is 0 Å². The van der Waals surface area contributed by atoms with Gasteiger partial charge in [0.05, 0.1) is 7.11 Å². The molecule has 0 aliphatic heterocycles. The molecule has 0 aromatic heterocycles. The summed E-state index contributed by atoms with van der Waals surface area (Å²) in [5, 5.41) is 13.6. The number of hydrogen-bond donors (Lipinski definition) is 3. The lowest BCUT2D eigenvalue weighted by Gasteiger charge is -2.07. The molecule has 0 bridgehead atoms. The summed E-state index contributed by atoms with van der Waals surface area (Å²) in [5.41, 5.74) is 0.645. The third-order valence-corrected chi connectivity index (χ3v) is 2.20. The van der Waals surface area contributed by atoms with E-state index in [2.05, 4.69) is 10.6 Å². The Morgan fingerprint density at radius 1 is 1.28 bits per heavy atom. The summed E-state index contributed by atoms with van der Waals surface area (Å²) in [7, 11) is 1.57. The van der Waals surface area contributed by atoms with Crippen LogP contribution >= 0.6 is 0 Å². The van der Waals surface area contributed by atoms with Crippen LogP contribution in [0.4, 0.5) is 10.5 Å². The van der Waals surface area contributed by atoms with Gasteiger partial charge in [-0.05, 0) is 30.7 Å². The second-order valence-corrected chi connectivity index (χ2v) is 3.61. The summed E-state index contributed by atoms with van der Waals surface area (Å²) in [6, 6.07) is 6.55. The highest BCUT2D eigenvalue weighted by Gasteiger charge is 2.02. The first-order chi connectivity index (χ1) is 8.61. The van der Waals surface area contributed by atoms with Crippen LogP contribution in [0.2, 0.25) is 0 Å². The van der Waals surface area contributed by atoms with Crippen molar-refractivity contribution in [2.45, 2.75) is 12.8 Å². The van der Waals surface area contributed by atoms with E-state index in [9.17, 15) is 9.59 Å². The number of urea groups is 1. The summed E-state index contributed by atoms with van der Waals surface area (Å²) in [4.78, 5) is 21.7. The van der Waals surface area contributed by atoms with E-state index < -0.39 is 5.97 Å². The third kappa shape index (κ3) is 5.20. The van der Waals surface area contributed by atoms with Crippen molar-refractivity contribution in [3.05, 3.63) is 24.3 Å². The van der Waals surface area contributed by atoms with Gasteiger partial charge in [0.25, 0.3) is 0 Å². The van der Waals surface area contributed by atoms with E-state index in [0.717, 1.165) is 0 Å². The Balaban J connectivity index is 2.28. The van der Waals surface area contributed by atoms with Crippen LogP contribution in [0.5, 0.6) is 5.75 Å². The number of nitrogens with one attached hydrogen (secondary N) is 2. The summed E-state index contributed by atoms with van der Waals surface area (Å²) in [6.45, 7) is 0.328. The van der Waals surface area contributed by atoms with E-state index in [0.29, 0.717) is 24.4 Å². The molecule has 98 valence electrons. The molecule has 18 heavy (non-hydrogen) atoms. The standard InChI is InChI=1S/C12H16N2O4/c1-18-10-6-4-9(5-7-10)14-12(17)13-8-2-3-11(15)16/h4-7H,2-3,8H2,1H3,(H,15,16)(H2,13,14,17). The highest BCUT2D eigenvalue weighted by atomic mass is 16.5. The Morgan fingerprint density at radius 2 is 1.94 bits per heavy atom. The number of carbonyl (C=O) groups excluding carboxylic acids is 1. The van der Waals surface area contributed by atoms with Crippen LogP contribution in [-0.4, -0.2) is 30.8 Å². The molecule has 0 fully saturated rings. The predicted octanol–water partition coefficient (Wildman–Crippen LogP) is 1.68. The molecule has 3 N–H and O–H groups in total. The van der Waals surface area contributed by atoms with E-state index in [1.54, 1.807) is 31.4 Å². The number of aliphatic carboxylic acids is 1. The van der Waals surface area contributed by atoms with E-state index in [4.69, 9.17) is 9.84 Å². The molecule has 0 spiro atoms. The number of carboxylic acid groups (broad SMARTS) is 1. The van der Waals surface area contributed by atoms with E-state index in [-0.39, 0.29) is 12.5 Å². The second kappa shape index (κ2) is 7.16. The molecule has 1 aromatic rings. The lowest BCUT2D eigenvalue weighted by molar-refractivity contribution is -0.137. The fraction of sp³-hybridized carbons (Fsp3) is 0.333. The highest BCUT2D eigenvalue weighted by Crippen LogP contribution is 2.14. The van der Waals surface area contributed by atoms with Gasteiger partial charge >= 0.3 is 12.0 Å². The Hall–Kier alpha value is -2.24. The zero-order valence-electron chi connectivity index (χ0n) is 10.1. The third-order valence-electron chi connectivity index (χ3n) is 2.20. The van der Waals surface area contributed by atoms with E-state index in [1.807, 2.05) is 0 Å². The highest BCUT2D eigenvalue weighted by molar-refractivity contribution is 5.89. The summed E-state index contributed by atoms with van der Waals surface area (Å²) < 4.78 is 4.99. The van der Waals surface area contributed by atoms with Crippen molar-refractivity contribution in [1.82, 2.24) is 5.32 Å². The number of hydrogen-bond acceptors (Lipinski definition) is 3. The normalized spacial score (nSPS) is 9.61. The zero-order chi connectivity index (χ0) is 13.4. The minimum atomic E-state index is -0.868. The number of rotatable bonds is 6. The van der Waals surface area contributed by atoms with Crippen molar-refractivity contribution < 1.29 is 19.4 Å². The van der Waals surface area contributed by atoms with Crippen molar-refractivity contribution >= 4 is 17.7 Å². The largest absolute Gasteiger partial charge is 0.497 e. The quantitative estimate of drug-likeness (QED) is 0.672. The molecule has 0 heterocycles. The number of carboxylic acids is 1. The first-order valence-corrected chi connectivity index (χ1v) is 5.52. The van der Waals surface area contributed by atoms with Crippen LogP contribution in [0, 0.1) is 0 Å². The maximum absolute atomic E-state index is 11.4. The second-order valence-electron chi connectivity index (χ2n) is 3.61. The Kier molecular flexibility index (Phi) is 5.50. The van der Waals surface area contributed by atoms with Crippen LogP contribution in [0.3, 0.4) is 0 Å². The Labute approximate surface area is 105 Å². The molecule has 6 nitrogen and oxygen atoms in total. The zero-order valence-corrected chi connectivity index (χ0v) is 10.1. The van der Waals surface area contributed by atoms with Crippen LogP contribution in [0.15, 0.2) is 24.3 Å². The minimum Gasteiger partial charge on any atom is -0.497 e. The lowest BCUT2D eigenvalue weighted by Crippen LogP contribution is -2.29. The Bertz CT molecular complexity index is 403. The van der Waals surface area contributed by atoms with Gasteiger partial charge in [0, 0.05) is 18.7 Å². The van der Waals surface area contributed by atoms with Crippen molar-refractivity contribution in [3.8, 4) is 5.75 Å². The van der Waals surface area contributed by atoms with Crippen LogP contribution in [0.25, 0.3) is 0 Å². The van der Waals surface area contributed by atoms with Gasteiger partial charge < -0.3 is 20.5 Å². The topological polar surface area (TPSA) is 87.7 Å². The minimum absolute atomic E-state index is 0.0445. The molecule has 0 aliphatic rings. The molecule has 1 rings (SSSR count). The van der Waals surface area contributed by atoms with Crippen LogP contribution < -0.4 is 15.4 Å². The maximum Gasteiger partial charge on any atom is 0.319 e. The number of methoxy groups -OCH3 is 1. The van der Waals surface area contributed by atoms with Crippen molar-refractivity contribution in [2.75, 3.05) is 19.0 Å². The number of ether oxygens (including phenoxy) is 1. The molecular weight excluding hydrogens is 236 g/mol. The van der Waals surface area contributed by atoms with Gasteiger partial charge in [-0.25, -0.2) is 4.79 Å². The molecule has 1 aromatic carbocycles. The van der Waals surface area contributed by atoms with Crippen LogP contribution in [0.1, 0.15) is 12.8 Å². The van der Waals surface area contributed by atoms with Gasteiger partial charge in [-0.1, -0.05) is 0 Å². The molecule has 0 saturated heterocycles. The molecule has 0 aliphatic carbocycles. The SMILES string of the molecule is COc1ccc(NC(=O)NCCCC(=O)O)cc1. The van der Waals surface area contributed by atoms with E-state index in [1.165, 1.54) is 0 Å². The first kappa shape index (κ1) is 13.8. The molecule has 0 radical (unpaired) electrons. The number of amides is 2. The molecule has 2 amide bonds. The molecule has 6 heteroatoms. The summed E-state index contributed by atoms with van der Waals surface area (Å²) in [5.74, 6) is -0.158. The smallest absolute Gasteiger partial charge is 0.319 e. The number of benzene rings is 1. The fourth-order valence-corrected chi connectivity index (χ4v) is 1.29. The number of carbonyl (C=O) groups is 2. The Morgan fingerprint density at radius 3 is 2.50 bits per heavy atom. The average molecular weight is 252 g/mol. The predicted molar refractivity (Wildman–Crippen MR) is 66.9 cm³/mol. The van der Waals surface area contributed by atoms with Crippen LogP contribution in [-0.2, 0) is 4.79 Å². The van der Waals surface area contributed by atoms with Gasteiger partial charge in [0.1, 0.15) is 5.75 Å². The first-order valence-electron chi connectivity index (χ1n) is 5.52. The molecule has 0 unspecified atom stereocenters.